The molecule has 0 spiro atoms. The summed E-state index contributed by atoms with van der Waals surface area (Å²) >= 11 is 5.92. The molecule has 0 atom stereocenters. The molecule has 23 heavy (non-hydrogen) atoms. The van der Waals surface area contributed by atoms with Crippen LogP contribution in [0.3, 0.4) is 0 Å². The van der Waals surface area contributed by atoms with Crippen LogP contribution < -0.4 is 10.0 Å². The number of nitrogens with one attached hydrogen (secondary N) is 2. The van der Waals surface area contributed by atoms with Gasteiger partial charge < -0.3 is 5.32 Å². The quantitative estimate of drug-likeness (QED) is 0.791. The normalized spacial score (nSPS) is 11.3. The van der Waals surface area contributed by atoms with E-state index in [-0.39, 0.29) is 11.6 Å². The maximum absolute atomic E-state index is 11.8. The second-order valence-corrected chi connectivity index (χ2v) is 7.44. The van der Waals surface area contributed by atoms with Gasteiger partial charge in [-0.3, -0.25) is 4.72 Å². The fourth-order valence-corrected chi connectivity index (χ4v) is 3.33. The molecule has 0 aliphatic rings. The molecule has 2 rings (SSSR count). The molecular formula is C15H19ClN4O2S. The van der Waals surface area contributed by atoms with E-state index in [1.165, 1.54) is 0 Å². The number of benzene rings is 1. The van der Waals surface area contributed by atoms with Gasteiger partial charge >= 0.3 is 0 Å². The van der Waals surface area contributed by atoms with Crippen molar-refractivity contribution >= 4 is 38.9 Å². The third kappa shape index (κ3) is 5.37. The summed E-state index contributed by atoms with van der Waals surface area (Å²) in [7, 11) is -3.37. The van der Waals surface area contributed by atoms with Gasteiger partial charge in [-0.25, -0.2) is 8.42 Å². The van der Waals surface area contributed by atoms with E-state index in [0.717, 1.165) is 17.7 Å². The highest BCUT2D eigenvalue weighted by molar-refractivity contribution is 7.92. The number of unbranched alkanes of at least 4 members (excludes halogenated alkanes) is 1. The Morgan fingerprint density at radius 2 is 1.83 bits per heavy atom. The molecule has 124 valence electrons. The standard InChI is InChI=1S/C15H19ClN4O2S/c1-3-4-9-23(21,22)20-15-8-7-14(18-19-15)17-13-6-5-12(16)10-11(13)2/h5-8,10H,3-4,9H2,1-2H3,(H,17,18)(H,19,20). The largest absolute Gasteiger partial charge is 0.339 e. The van der Waals surface area contributed by atoms with Crippen LogP contribution in [0.15, 0.2) is 30.3 Å². The van der Waals surface area contributed by atoms with Gasteiger partial charge in [-0.2, -0.15) is 0 Å². The van der Waals surface area contributed by atoms with E-state index in [1.54, 1.807) is 18.2 Å². The van der Waals surface area contributed by atoms with Gasteiger partial charge in [0, 0.05) is 10.7 Å². The van der Waals surface area contributed by atoms with Crippen molar-refractivity contribution in [2.75, 3.05) is 15.8 Å². The second-order valence-electron chi connectivity index (χ2n) is 5.16. The van der Waals surface area contributed by atoms with Crippen molar-refractivity contribution in [3.05, 3.63) is 40.9 Å². The Kier molecular flexibility index (Phi) is 5.79. The average molecular weight is 355 g/mol. The molecule has 0 unspecified atom stereocenters. The van der Waals surface area contributed by atoms with Crippen LogP contribution in [0.1, 0.15) is 25.3 Å². The molecule has 1 heterocycles. The lowest BCUT2D eigenvalue weighted by atomic mass is 10.2. The van der Waals surface area contributed by atoms with Crippen molar-refractivity contribution in [3.8, 4) is 0 Å². The predicted molar refractivity (Wildman–Crippen MR) is 93.8 cm³/mol. The van der Waals surface area contributed by atoms with Gasteiger partial charge in [0.15, 0.2) is 11.6 Å². The van der Waals surface area contributed by atoms with Gasteiger partial charge in [0.25, 0.3) is 0 Å². The number of rotatable bonds is 7. The highest BCUT2D eigenvalue weighted by atomic mass is 35.5. The minimum Gasteiger partial charge on any atom is -0.339 e. The van der Waals surface area contributed by atoms with Gasteiger partial charge in [-0.15, -0.1) is 10.2 Å². The van der Waals surface area contributed by atoms with Crippen LogP contribution in [0, 0.1) is 6.92 Å². The summed E-state index contributed by atoms with van der Waals surface area (Å²) < 4.78 is 26.0. The van der Waals surface area contributed by atoms with Crippen LogP contribution in [0.5, 0.6) is 0 Å². The van der Waals surface area contributed by atoms with Gasteiger partial charge in [0.05, 0.1) is 5.75 Å². The Morgan fingerprint density at radius 3 is 2.43 bits per heavy atom. The van der Waals surface area contributed by atoms with Crippen molar-refractivity contribution in [2.24, 2.45) is 0 Å². The molecule has 0 saturated carbocycles. The minimum absolute atomic E-state index is 0.0785. The maximum Gasteiger partial charge on any atom is 0.233 e. The van der Waals surface area contributed by atoms with Crippen LogP contribution in [0.25, 0.3) is 0 Å². The zero-order chi connectivity index (χ0) is 16.9. The molecule has 0 fully saturated rings. The van der Waals surface area contributed by atoms with E-state index in [9.17, 15) is 8.42 Å². The van der Waals surface area contributed by atoms with Gasteiger partial charge in [-0.1, -0.05) is 24.9 Å². The third-order valence-electron chi connectivity index (χ3n) is 3.14. The van der Waals surface area contributed by atoms with Crippen LogP contribution in [-0.2, 0) is 10.0 Å². The fourth-order valence-electron chi connectivity index (χ4n) is 1.90. The molecule has 1 aromatic heterocycles. The Bertz CT molecular complexity index is 764. The Labute approximate surface area is 141 Å². The summed E-state index contributed by atoms with van der Waals surface area (Å²) in [5.41, 5.74) is 1.84. The van der Waals surface area contributed by atoms with Gasteiger partial charge in [0.1, 0.15) is 0 Å². The smallest absolute Gasteiger partial charge is 0.233 e. The van der Waals surface area contributed by atoms with E-state index in [4.69, 9.17) is 11.6 Å². The molecule has 1 aromatic carbocycles. The molecule has 0 bridgehead atoms. The number of sulfonamides is 1. The zero-order valence-electron chi connectivity index (χ0n) is 13.0. The molecule has 2 N–H and O–H groups in total. The van der Waals surface area contributed by atoms with E-state index in [1.807, 2.05) is 26.0 Å². The number of nitrogens with zero attached hydrogens (tertiary/aromatic N) is 2. The number of aryl methyl sites for hydroxylation is 1. The van der Waals surface area contributed by atoms with Crippen molar-refractivity contribution in [3.63, 3.8) is 0 Å². The first-order chi connectivity index (χ1) is 10.9. The molecular weight excluding hydrogens is 336 g/mol. The van der Waals surface area contributed by atoms with Crippen LogP contribution in [-0.4, -0.2) is 24.4 Å². The van der Waals surface area contributed by atoms with E-state index in [0.29, 0.717) is 17.3 Å². The van der Waals surface area contributed by atoms with Crippen molar-refractivity contribution in [2.45, 2.75) is 26.7 Å². The predicted octanol–water partition coefficient (Wildman–Crippen LogP) is 3.72. The molecule has 2 aromatic rings. The van der Waals surface area contributed by atoms with Gasteiger partial charge in [0.2, 0.25) is 10.0 Å². The van der Waals surface area contributed by atoms with Crippen LogP contribution in [0.2, 0.25) is 5.02 Å². The number of hydrogen-bond donors (Lipinski definition) is 2. The number of anilines is 3. The fraction of sp³-hybridized carbons (Fsp3) is 0.333. The molecule has 0 aliphatic heterocycles. The summed E-state index contributed by atoms with van der Waals surface area (Å²) in [6.07, 6.45) is 1.42. The Hall–Kier alpha value is -1.86. The zero-order valence-corrected chi connectivity index (χ0v) is 14.6. The molecule has 0 saturated heterocycles. The van der Waals surface area contributed by atoms with Crippen molar-refractivity contribution in [1.29, 1.82) is 0 Å². The summed E-state index contributed by atoms with van der Waals surface area (Å²) in [5.74, 6) is 0.807. The maximum atomic E-state index is 11.8. The number of aromatic nitrogens is 2. The number of halogens is 1. The van der Waals surface area contributed by atoms with Crippen LogP contribution >= 0.6 is 11.6 Å². The third-order valence-corrected chi connectivity index (χ3v) is 4.72. The molecule has 6 nitrogen and oxygen atoms in total. The highest BCUT2D eigenvalue weighted by Gasteiger charge is 2.11. The highest BCUT2D eigenvalue weighted by Crippen LogP contribution is 2.22. The van der Waals surface area contributed by atoms with Crippen LogP contribution in [0.4, 0.5) is 17.3 Å². The summed E-state index contributed by atoms with van der Waals surface area (Å²) in [6, 6.07) is 8.71. The molecule has 0 amide bonds. The lowest BCUT2D eigenvalue weighted by Crippen LogP contribution is -2.17. The SMILES string of the molecule is CCCCS(=O)(=O)Nc1ccc(Nc2ccc(Cl)cc2C)nn1. The first-order valence-corrected chi connectivity index (χ1v) is 9.30. The van der Waals surface area contributed by atoms with Gasteiger partial charge in [-0.05, 0) is 49.2 Å². The average Bonchev–Trinajstić information content (AvgIpc) is 2.50. The summed E-state index contributed by atoms with van der Waals surface area (Å²) in [4.78, 5) is 0. The Morgan fingerprint density at radius 1 is 1.13 bits per heavy atom. The first-order valence-electron chi connectivity index (χ1n) is 7.27. The first kappa shape index (κ1) is 17.5. The molecule has 0 radical (unpaired) electrons. The topological polar surface area (TPSA) is 84.0 Å². The second kappa shape index (κ2) is 7.61. The number of hydrogen-bond acceptors (Lipinski definition) is 5. The van der Waals surface area contributed by atoms with E-state index >= 15 is 0 Å². The van der Waals surface area contributed by atoms with Crippen molar-refractivity contribution < 1.29 is 8.42 Å². The molecule has 8 heteroatoms. The Balaban J connectivity index is 2.05. The monoisotopic (exact) mass is 354 g/mol. The molecule has 0 aliphatic carbocycles. The van der Waals surface area contributed by atoms with Crippen molar-refractivity contribution in [1.82, 2.24) is 10.2 Å². The summed E-state index contributed by atoms with van der Waals surface area (Å²) in [6.45, 7) is 3.87. The lowest BCUT2D eigenvalue weighted by Gasteiger charge is -2.10. The lowest BCUT2D eigenvalue weighted by molar-refractivity contribution is 0.597. The van der Waals surface area contributed by atoms with E-state index in [2.05, 4.69) is 20.2 Å². The summed E-state index contributed by atoms with van der Waals surface area (Å²) in [5, 5.41) is 11.6. The van der Waals surface area contributed by atoms with E-state index < -0.39 is 10.0 Å². The minimum atomic E-state index is -3.37.